The van der Waals surface area contributed by atoms with Crippen molar-refractivity contribution >= 4 is 27.3 Å². The summed E-state index contributed by atoms with van der Waals surface area (Å²) in [6.45, 7) is 6.52. The highest BCUT2D eigenvalue weighted by Crippen LogP contribution is 2.27. The molecule has 0 fully saturated rings. The van der Waals surface area contributed by atoms with Gasteiger partial charge < -0.3 is 11.1 Å². The van der Waals surface area contributed by atoms with Crippen LogP contribution in [0.4, 0.5) is 15.8 Å². The zero-order valence-electron chi connectivity index (χ0n) is 10.6. The fraction of sp³-hybridized carbons (Fsp3) is 0.538. The SMILES string of the molecule is CC(C)CCC(C)Nc1cc(Br)c(F)cc1N. The van der Waals surface area contributed by atoms with E-state index in [-0.39, 0.29) is 5.82 Å². The summed E-state index contributed by atoms with van der Waals surface area (Å²) in [6, 6.07) is 3.36. The van der Waals surface area contributed by atoms with Gasteiger partial charge in [0, 0.05) is 12.1 Å². The van der Waals surface area contributed by atoms with Gasteiger partial charge in [0.05, 0.1) is 15.8 Å². The van der Waals surface area contributed by atoms with Gasteiger partial charge in [-0.05, 0) is 47.7 Å². The predicted molar refractivity (Wildman–Crippen MR) is 75.7 cm³/mol. The van der Waals surface area contributed by atoms with Crippen LogP contribution in [0.5, 0.6) is 0 Å². The van der Waals surface area contributed by atoms with Gasteiger partial charge in [-0.15, -0.1) is 0 Å². The van der Waals surface area contributed by atoms with Crippen molar-refractivity contribution in [1.29, 1.82) is 0 Å². The molecule has 1 aromatic rings. The molecule has 17 heavy (non-hydrogen) atoms. The maximum Gasteiger partial charge on any atom is 0.139 e. The Morgan fingerprint density at radius 1 is 1.29 bits per heavy atom. The standard InChI is InChI=1S/C13H20BrFN2/c1-8(2)4-5-9(3)17-13-6-10(14)11(15)7-12(13)16/h6-9,17H,4-5,16H2,1-3H3. The van der Waals surface area contributed by atoms with E-state index in [1.165, 1.54) is 6.07 Å². The Bertz CT molecular complexity index is 380. The van der Waals surface area contributed by atoms with Crippen LogP contribution >= 0.6 is 15.9 Å². The summed E-state index contributed by atoms with van der Waals surface area (Å²) in [5.41, 5.74) is 7.00. The number of hydrogen-bond donors (Lipinski definition) is 2. The van der Waals surface area contributed by atoms with Crippen molar-refractivity contribution in [2.24, 2.45) is 5.92 Å². The number of anilines is 2. The van der Waals surface area contributed by atoms with E-state index in [0.29, 0.717) is 22.1 Å². The van der Waals surface area contributed by atoms with Crippen LogP contribution in [0.15, 0.2) is 16.6 Å². The Morgan fingerprint density at radius 3 is 2.53 bits per heavy atom. The predicted octanol–water partition coefficient (Wildman–Crippen LogP) is 4.41. The zero-order chi connectivity index (χ0) is 13.0. The molecule has 0 spiro atoms. The first-order chi connectivity index (χ1) is 7.90. The van der Waals surface area contributed by atoms with E-state index in [0.717, 1.165) is 18.5 Å². The lowest BCUT2D eigenvalue weighted by Gasteiger charge is -2.18. The number of nitrogen functional groups attached to an aromatic ring is 1. The second-order valence-electron chi connectivity index (χ2n) is 4.87. The van der Waals surface area contributed by atoms with Crippen LogP contribution in [0.3, 0.4) is 0 Å². The molecule has 1 aromatic carbocycles. The Hall–Kier alpha value is -0.770. The monoisotopic (exact) mass is 302 g/mol. The van der Waals surface area contributed by atoms with Gasteiger partial charge in [0.25, 0.3) is 0 Å². The summed E-state index contributed by atoms with van der Waals surface area (Å²) < 4.78 is 13.6. The van der Waals surface area contributed by atoms with Gasteiger partial charge in [-0.1, -0.05) is 13.8 Å². The van der Waals surface area contributed by atoms with Crippen LogP contribution in [0.1, 0.15) is 33.6 Å². The van der Waals surface area contributed by atoms with Crippen LogP contribution in [0, 0.1) is 11.7 Å². The summed E-state index contributed by atoms with van der Waals surface area (Å²) in [4.78, 5) is 0. The second kappa shape index (κ2) is 6.24. The Labute approximate surface area is 111 Å². The van der Waals surface area contributed by atoms with Crippen molar-refractivity contribution < 1.29 is 4.39 Å². The van der Waals surface area contributed by atoms with Crippen LogP contribution < -0.4 is 11.1 Å². The highest BCUT2D eigenvalue weighted by molar-refractivity contribution is 9.10. The summed E-state index contributed by atoms with van der Waals surface area (Å²) in [5, 5.41) is 3.31. The average molecular weight is 303 g/mol. The second-order valence-corrected chi connectivity index (χ2v) is 5.72. The molecule has 0 radical (unpaired) electrons. The highest BCUT2D eigenvalue weighted by atomic mass is 79.9. The quantitative estimate of drug-likeness (QED) is 0.791. The smallest absolute Gasteiger partial charge is 0.139 e. The summed E-state index contributed by atoms with van der Waals surface area (Å²) >= 11 is 3.16. The van der Waals surface area contributed by atoms with Gasteiger partial charge in [0.15, 0.2) is 0 Å². The van der Waals surface area contributed by atoms with Crippen molar-refractivity contribution in [2.75, 3.05) is 11.1 Å². The minimum absolute atomic E-state index is 0.331. The maximum absolute atomic E-state index is 13.2. The molecule has 0 saturated carbocycles. The number of nitrogens with one attached hydrogen (secondary N) is 1. The molecule has 0 saturated heterocycles. The third-order valence-corrected chi connectivity index (χ3v) is 3.28. The van der Waals surface area contributed by atoms with Crippen molar-refractivity contribution in [3.8, 4) is 0 Å². The number of hydrogen-bond acceptors (Lipinski definition) is 2. The Balaban J connectivity index is 2.65. The van der Waals surface area contributed by atoms with Gasteiger partial charge in [0.1, 0.15) is 5.82 Å². The van der Waals surface area contributed by atoms with Crippen molar-refractivity contribution in [1.82, 2.24) is 0 Å². The van der Waals surface area contributed by atoms with Crippen LogP contribution in [0.2, 0.25) is 0 Å². The van der Waals surface area contributed by atoms with E-state index in [9.17, 15) is 4.39 Å². The van der Waals surface area contributed by atoms with E-state index < -0.39 is 0 Å². The third-order valence-electron chi connectivity index (χ3n) is 2.67. The highest BCUT2D eigenvalue weighted by Gasteiger charge is 2.09. The number of rotatable bonds is 5. The molecular formula is C13H20BrFN2. The molecule has 0 bridgehead atoms. The molecule has 0 heterocycles. The topological polar surface area (TPSA) is 38.0 Å². The summed E-state index contributed by atoms with van der Waals surface area (Å²) in [7, 11) is 0. The molecule has 1 rings (SSSR count). The fourth-order valence-corrected chi connectivity index (χ4v) is 1.95. The molecule has 3 N–H and O–H groups in total. The zero-order valence-corrected chi connectivity index (χ0v) is 12.1. The van der Waals surface area contributed by atoms with Crippen LogP contribution in [-0.4, -0.2) is 6.04 Å². The molecule has 2 nitrogen and oxygen atoms in total. The molecule has 0 aromatic heterocycles. The normalized spacial score (nSPS) is 12.8. The lowest BCUT2D eigenvalue weighted by Crippen LogP contribution is -2.17. The van der Waals surface area contributed by atoms with Crippen LogP contribution in [0.25, 0.3) is 0 Å². The van der Waals surface area contributed by atoms with E-state index >= 15 is 0 Å². The minimum Gasteiger partial charge on any atom is -0.397 e. The molecule has 0 aliphatic heterocycles. The molecule has 96 valence electrons. The first-order valence-electron chi connectivity index (χ1n) is 5.91. The number of halogens is 2. The fourth-order valence-electron chi connectivity index (χ4n) is 1.61. The van der Waals surface area contributed by atoms with Gasteiger partial charge in [-0.2, -0.15) is 0 Å². The van der Waals surface area contributed by atoms with Crippen molar-refractivity contribution in [2.45, 2.75) is 39.7 Å². The van der Waals surface area contributed by atoms with E-state index in [2.05, 4.69) is 42.0 Å². The van der Waals surface area contributed by atoms with E-state index in [1.807, 2.05) is 0 Å². The summed E-state index contributed by atoms with van der Waals surface area (Å²) in [5.74, 6) is 0.361. The van der Waals surface area contributed by atoms with Crippen molar-refractivity contribution in [3.63, 3.8) is 0 Å². The molecule has 0 aliphatic rings. The maximum atomic E-state index is 13.2. The van der Waals surface area contributed by atoms with Gasteiger partial charge >= 0.3 is 0 Å². The minimum atomic E-state index is -0.331. The number of benzene rings is 1. The lowest BCUT2D eigenvalue weighted by atomic mass is 10.0. The molecule has 0 amide bonds. The van der Waals surface area contributed by atoms with Crippen molar-refractivity contribution in [3.05, 3.63) is 22.4 Å². The van der Waals surface area contributed by atoms with Crippen LogP contribution in [-0.2, 0) is 0 Å². The van der Waals surface area contributed by atoms with Gasteiger partial charge in [-0.3, -0.25) is 0 Å². The van der Waals surface area contributed by atoms with Gasteiger partial charge in [-0.25, -0.2) is 4.39 Å². The molecule has 1 unspecified atom stereocenters. The molecule has 1 atom stereocenters. The third kappa shape index (κ3) is 4.54. The Kier molecular flexibility index (Phi) is 5.25. The molecule has 4 heteroatoms. The molecule has 0 aliphatic carbocycles. The summed E-state index contributed by atoms with van der Waals surface area (Å²) in [6.07, 6.45) is 2.24. The molecular weight excluding hydrogens is 283 g/mol. The van der Waals surface area contributed by atoms with E-state index in [4.69, 9.17) is 5.73 Å². The average Bonchev–Trinajstić information content (AvgIpc) is 2.23. The lowest BCUT2D eigenvalue weighted by molar-refractivity contribution is 0.527. The largest absolute Gasteiger partial charge is 0.397 e. The van der Waals surface area contributed by atoms with Gasteiger partial charge in [0.2, 0.25) is 0 Å². The first-order valence-corrected chi connectivity index (χ1v) is 6.70. The van der Waals surface area contributed by atoms with E-state index in [1.54, 1.807) is 6.07 Å². The Morgan fingerprint density at radius 2 is 1.94 bits per heavy atom. The number of nitrogens with two attached hydrogens (primary N) is 1. The first kappa shape index (κ1) is 14.3.